The molecule has 0 aromatic heterocycles. The summed E-state index contributed by atoms with van der Waals surface area (Å²) in [7, 11) is 0. The van der Waals surface area contributed by atoms with Gasteiger partial charge in [0.15, 0.2) is 0 Å². The van der Waals surface area contributed by atoms with Gasteiger partial charge in [-0.25, -0.2) is 0 Å². The Kier molecular flexibility index (Phi) is 6.07. The van der Waals surface area contributed by atoms with E-state index in [0.29, 0.717) is 13.2 Å². The molecule has 2 aromatic rings. The van der Waals surface area contributed by atoms with Gasteiger partial charge in [-0.3, -0.25) is 4.90 Å². The van der Waals surface area contributed by atoms with Crippen LogP contribution in [0.4, 0.5) is 0 Å². The van der Waals surface area contributed by atoms with Gasteiger partial charge in [0, 0.05) is 26.2 Å². The molecule has 4 nitrogen and oxygen atoms in total. The molecule has 27 heavy (non-hydrogen) atoms. The minimum atomic E-state index is -0.477. The van der Waals surface area contributed by atoms with E-state index in [1.165, 1.54) is 29.5 Å². The summed E-state index contributed by atoms with van der Waals surface area (Å²) in [5.74, 6) is 1.73. The van der Waals surface area contributed by atoms with Crippen molar-refractivity contribution >= 4 is 0 Å². The van der Waals surface area contributed by atoms with E-state index in [9.17, 15) is 5.11 Å². The summed E-state index contributed by atoms with van der Waals surface area (Å²) >= 11 is 0. The van der Waals surface area contributed by atoms with Crippen molar-refractivity contribution in [2.24, 2.45) is 5.92 Å². The Morgan fingerprint density at radius 3 is 2.63 bits per heavy atom. The van der Waals surface area contributed by atoms with Crippen LogP contribution in [-0.4, -0.2) is 42.4 Å². The Bertz CT molecular complexity index is 727. The summed E-state index contributed by atoms with van der Waals surface area (Å²) in [6, 6.07) is 16.8. The highest BCUT2D eigenvalue weighted by atomic mass is 16.5. The van der Waals surface area contributed by atoms with Gasteiger partial charge < -0.3 is 15.2 Å². The Balaban J connectivity index is 1.18. The smallest absolute Gasteiger partial charge is 0.119 e. The van der Waals surface area contributed by atoms with Crippen molar-refractivity contribution in [3.63, 3.8) is 0 Å². The van der Waals surface area contributed by atoms with Gasteiger partial charge in [-0.2, -0.15) is 0 Å². The highest BCUT2D eigenvalue weighted by Crippen LogP contribution is 2.27. The Hall–Kier alpha value is -1.88. The summed E-state index contributed by atoms with van der Waals surface area (Å²) in [5.41, 5.74) is 4.09. The molecular formula is C23H30N2O2. The molecule has 2 aromatic carbocycles. The number of nitrogens with zero attached hydrogens (tertiary/aromatic N) is 1. The van der Waals surface area contributed by atoms with E-state index in [1.807, 2.05) is 12.1 Å². The van der Waals surface area contributed by atoms with Crippen LogP contribution in [0, 0.1) is 5.92 Å². The molecular weight excluding hydrogens is 336 g/mol. The number of aliphatic hydroxyl groups excluding tert-OH is 1. The maximum atomic E-state index is 10.4. The maximum Gasteiger partial charge on any atom is 0.119 e. The molecule has 4 heteroatoms. The zero-order chi connectivity index (χ0) is 18.5. The number of β-amino-alcohol motifs (C(OH)–C–C–N with tert-alkyl or cyclic N) is 1. The molecule has 0 saturated heterocycles. The Labute approximate surface area is 162 Å². The third-order valence-electron chi connectivity index (χ3n) is 5.50. The van der Waals surface area contributed by atoms with Crippen molar-refractivity contribution in [2.45, 2.75) is 38.5 Å². The van der Waals surface area contributed by atoms with Crippen LogP contribution < -0.4 is 10.1 Å². The SMILES string of the molecule is O[C@@H](COc1ccc(CNCC2CC2)cc1)CN1CCc2ccccc2C1. The molecule has 2 aliphatic rings. The van der Waals surface area contributed by atoms with Crippen LogP contribution in [-0.2, 0) is 19.5 Å². The minimum absolute atomic E-state index is 0.331. The van der Waals surface area contributed by atoms with E-state index >= 15 is 0 Å². The van der Waals surface area contributed by atoms with Gasteiger partial charge in [0.1, 0.15) is 18.5 Å². The highest BCUT2D eigenvalue weighted by Gasteiger charge is 2.20. The monoisotopic (exact) mass is 366 g/mol. The molecule has 0 spiro atoms. The van der Waals surface area contributed by atoms with Crippen LogP contribution in [0.1, 0.15) is 29.5 Å². The van der Waals surface area contributed by atoms with Crippen molar-refractivity contribution in [1.29, 1.82) is 0 Å². The molecule has 1 heterocycles. The van der Waals surface area contributed by atoms with E-state index < -0.39 is 6.10 Å². The molecule has 0 amide bonds. The van der Waals surface area contributed by atoms with Crippen molar-refractivity contribution in [3.05, 3.63) is 65.2 Å². The van der Waals surface area contributed by atoms with Crippen LogP contribution in [0.2, 0.25) is 0 Å². The predicted octanol–water partition coefficient (Wildman–Crippen LogP) is 2.98. The molecule has 0 unspecified atom stereocenters. The molecule has 144 valence electrons. The number of hydrogen-bond donors (Lipinski definition) is 2. The van der Waals surface area contributed by atoms with Crippen molar-refractivity contribution in [2.75, 3.05) is 26.2 Å². The molecule has 1 aliphatic carbocycles. The highest BCUT2D eigenvalue weighted by molar-refractivity contribution is 5.29. The van der Waals surface area contributed by atoms with Gasteiger partial charge in [-0.05, 0) is 60.5 Å². The zero-order valence-corrected chi connectivity index (χ0v) is 15.9. The first-order valence-electron chi connectivity index (χ1n) is 10.2. The second-order valence-corrected chi connectivity index (χ2v) is 7.94. The van der Waals surface area contributed by atoms with Crippen LogP contribution in [0.15, 0.2) is 48.5 Å². The quantitative estimate of drug-likeness (QED) is 0.716. The summed E-state index contributed by atoms with van der Waals surface area (Å²) in [4.78, 5) is 2.31. The van der Waals surface area contributed by atoms with E-state index in [1.54, 1.807) is 0 Å². The van der Waals surface area contributed by atoms with Crippen LogP contribution >= 0.6 is 0 Å². The average molecular weight is 367 g/mol. The second kappa shape index (κ2) is 8.87. The largest absolute Gasteiger partial charge is 0.491 e. The molecule has 1 aliphatic heterocycles. The van der Waals surface area contributed by atoms with Gasteiger partial charge in [-0.1, -0.05) is 36.4 Å². The number of ether oxygens (including phenoxy) is 1. The summed E-state index contributed by atoms with van der Waals surface area (Å²) < 4.78 is 5.79. The lowest BCUT2D eigenvalue weighted by Crippen LogP contribution is -2.38. The van der Waals surface area contributed by atoms with Crippen molar-refractivity contribution in [1.82, 2.24) is 10.2 Å². The van der Waals surface area contributed by atoms with Gasteiger partial charge in [0.2, 0.25) is 0 Å². The normalized spacial score (nSPS) is 18.1. The van der Waals surface area contributed by atoms with Crippen molar-refractivity contribution < 1.29 is 9.84 Å². The first kappa shape index (κ1) is 18.5. The topological polar surface area (TPSA) is 44.7 Å². The third kappa shape index (κ3) is 5.55. The van der Waals surface area contributed by atoms with Crippen molar-refractivity contribution in [3.8, 4) is 5.75 Å². The van der Waals surface area contributed by atoms with E-state index in [2.05, 4.69) is 46.6 Å². The number of rotatable bonds is 9. The van der Waals surface area contributed by atoms with Gasteiger partial charge in [-0.15, -0.1) is 0 Å². The van der Waals surface area contributed by atoms with Crippen LogP contribution in [0.3, 0.4) is 0 Å². The Morgan fingerprint density at radius 2 is 1.85 bits per heavy atom. The Morgan fingerprint density at radius 1 is 1.07 bits per heavy atom. The van der Waals surface area contributed by atoms with E-state index in [4.69, 9.17) is 4.74 Å². The summed E-state index contributed by atoms with van der Waals surface area (Å²) in [6.45, 7) is 4.93. The fourth-order valence-electron chi connectivity index (χ4n) is 3.70. The molecule has 0 radical (unpaired) electrons. The fourth-order valence-corrected chi connectivity index (χ4v) is 3.70. The second-order valence-electron chi connectivity index (χ2n) is 7.94. The summed E-state index contributed by atoms with van der Waals surface area (Å²) in [5, 5.41) is 13.9. The molecule has 4 rings (SSSR count). The fraction of sp³-hybridized carbons (Fsp3) is 0.478. The number of hydrogen-bond acceptors (Lipinski definition) is 4. The van der Waals surface area contributed by atoms with Crippen LogP contribution in [0.25, 0.3) is 0 Å². The minimum Gasteiger partial charge on any atom is -0.491 e. The number of nitrogens with one attached hydrogen (secondary N) is 1. The first-order valence-corrected chi connectivity index (χ1v) is 10.2. The summed E-state index contributed by atoms with van der Waals surface area (Å²) in [6.07, 6.45) is 3.34. The maximum absolute atomic E-state index is 10.4. The molecule has 1 atom stereocenters. The lowest BCUT2D eigenvalue weighted by Gasteiger charge is -2.30. The predicted molar refractivity (Wildman–Crippen MR) is 108 cm³/mol. The molecule has 0 bridgehead atoms. The standard InChI is InChI=1S/C23H30N2O2/c26-22(16-25-12-11-20-3-1-2-4-21(20)15-25)17-27-23-9-7-19(8-10-23)14-24-13-18-5-6-18/h1-4,7-10,18,22,24,26H,5-6,11-17H2/t22-/m1/s1. The third-order valence-corrected chi connectivity index (χ3v) is 5.50. The lowest BCUT2D eigenvalue weighted by atomic mass is 10.00. The van der Waals surface area contributed by atoms with E-state index in [0.717, 1.165) is 44.3 Å². The van der Waals surface area contributed by atoms with Gasteiger partial charge >= 0.3 is 0 Å². The van der Waals surface area contributed by atoms with Gasteiger partial charge in [0.05, 0.1) is 0 Å². The zero-order valence-electron chi connectivity index (χ0n) is 15.9. The lowest BCUT2D eigenvalue weighted by molar-refractivity contribution is 0.0638. The molecule has 1 saturated carbocycles. The van der Waals surface area contributed by atoms with Crippen LogP contribution in [0.5, 0.6) is 5.75 Å². The van der Waals surface area contributed by atoms with Gasteiger partial charge in [0.25, 0.3) is 0 Å². The van der Waals surface area contributed by atoms with E-state index in [-0.39, 0.29) is 0 Å². The average Bonchev–Trinajstić information content (AvgIpc) is 3.52. The molecule has 2 N–H and O–H groups in total. The number of aliphatic hydroxyl groups is 1. The molecule has 1 fully saturated rings. The number of benzene rings is 2. The first-order chi connectivity index (χ1) is 13.3. The number of fused-ring (bicyclic) bond motifs is 1.